The first-order valence-electron chi connectivity index (χ1n) is 7.67. The van der Waals surface area contributed by atoms with Gasteiger partial charge in [-0.05, 0) is 49.4 Å². The lowest BCUT2D eigenvalue weighted by atomic mass is 9.91. The second-order valence-electron chi connectivity index (χ2n) is 5.97. The normalized spacial score (nSPS) is 21.6. The van der Waals surface area contributed by atoms with Crippen molar-refractivity contribution in [2.45, 2.75) is 32.7 Å². The Labute approximate surface area is 130 Å². The van der Waals surface area contributed by atoms with Crippen LogP contribution in [0.3, 0.4) is 0 Å². The Balaban J connectivity index is 1.79. The predicted molar refractivity (Wildman–Crippen MR) is 84.5 cm³/mol. The van der Waals surface area contributed by atoms with Crippen LogP contribution < -0.4 is 5.32 Å². The van der Waals surface area contributed by atoms with Gasteiger partial charge in [-0.3, -0.25) is 4.98 Å². The number of piperidine rings is 1. The van der Waals surface area contributed by atoms with E-state index in [0.29, 0.717) is 5.92 Å². The number of likely N-dealkylation sites (tertiary alicyclic amines) is 1. The highest BCUT2D eigenvalue weighted by Crippen LogP contribution is 2.34. The summed E-state index contributed by atoms with van der Waals surface area (Å²) < 4.78 is 5.54. The third kappa shape index (κ3) is 2.98. The second-order valence-corrected chi connectivity index (χ2v) is 5.97. The van der Waals surface area contributed by atoms with Crippen LogP contribution in [-0.2, 0) is 0 Å². The molecule has 0 radical (unpaired) electrons. The van der Waals surface area contributed by atoms with Gasteiger partial charge in [0.1, 0.15) is 5.76 Å². The lowest BCUT2D eigenvalue weighted by Gasteiger charge is -2.37. The van der Waals surface area contributed by atoms with Crippen LogP contribution in [0.15, 0.2) is 41.3 Å². The first kappa shape index (κ1) is 14.6. The molecule has 2 aromatic rings. The topological polar surface area (TPSA) is 58.4 Å². The van der Waals surface area contributed by atoms with Gasteiger partial charge in [-0.15, -0.1) is 0 Å². The van der Waals surface area contributed by atoms with Crippen LogP contribution in [0.25, 0.3) is 0 Å². The number of amides is 2. The summed E-state index contributed by atoms with van der Waals surface area (Å²) in [5, 5.41) is 2.99. The van der Waals surface area contributed by atoms with Crippen molar-refractivity contribution < 1.29 is 9.21 Å². The Morgan fingerprint density at radius 3 is 3.05 bits per heavy atom. The average Bonchev–Trinajstić information content (AvgIpc) is 3.03. The smallest absolute Gasteiger partial charge is 0.322 e. The van der Waals surface area contributed by atoms with E-state index in [1.807, 2.05) is 30.0 Å². The molecule has 22 heavy (non-hydrogen) atoms. The molecule has 3 heterocycles. The van der Waals surface area contributed by atoms with Gasteiger partial charge < -0.3 is 14.6 Å². The summed E-state index contributed by atoms with van der Waals surface area (Å²) in [7, 11) is 0. The summed E-state index contributed by atoms with van der Waals surface area (Å²) in [5.74, 6) is 1.44. The average molecular weight is 299 g/mol. The van der Waals surface area contributed by atoms with E-state index in [1.165, 1.54) is 0 Å². The molecule has 116 valence electrons. The summed E-state index contributed by atoms with van der Waals surface area (Å²) in [4.78, 5) is 18.6. The zero-order valence-electron chi connectivity index (χ0n) is 13.0. The van der Waals surface area contributed by atoms with E-state index in [2.05, 4.69) is 17.2 Å². The summed E-state index contributed by atoms with van der Waals surface area (Å²) >= 11 is 0. The molecular formula is C17H21N3O2. The number of rotatable bonds is 2. The maximum Gasteiger partial charge on any atom is 0.322 e. The molecule has 5 nitrogen and oxygen atoms in total. The van der Waals surface area contributed by atoms with E-state index >= 15 is 0 Å². The molecule has 2 amide bonds. The summed E-state index contributed by atoms with van der Waals surface area (Å²) in [6, 6.07) is 5.56. The minimum Gasteiger partial charge on any atom is -0.467 e. The summed E-state index contributed by atoms with van der Waals surface area (Å²) in [5.41, 5.74) is 1.76. The van der Waals surface area contributed by atoms with Crippen LogP contribution in [-0.4, -0.2) is 22.5 Å². The van der Waals surface area contributed by atoms with E-state index in [9.17, 15) is 4.79 Å². The van der Waals surface area contributed by atoms with Crippen molar-refractivity contribution in [1.29, 1.82) is 0 Å². The lowest BCUT2D eigenvalue weighted by molar-refractivity contribution is 0.129. The molecule has 0 bridgehead atoms. The van der Waals surface area contributed by atoms with Crippen LogP contribution >= 0.6 is 0 Å². The molecule has 2 aromatic heterocycles. The van der Waals surface area contributed by atoms with Gasteiger partial charge in [-0.2, -0.15) is 0 Å². The molecule has 1 aliphatic heterocycles. The highest BCUT2D eigenvalue weighted by molar-refractivity contribution is 5.90. The Bertz CT molecular complexity index is 639. The van der Waals surface area contributed by atoms with E-state index in [4.69, 9.17) is 4.42 Å². The molecule has 2 unspecified atom stereocenters. The van der Waals surface area contributed by atoms with E-state index < -0.39 is 0 Å². The van der Waals surface area contributed by atoms with Crippen molar-refractivity contribution in [1.82, 2.24) is 9.88 Å². The molecule has 0 aliphatic carbocycles. The van der Waals surface area contributed by atoms with Gasteiger partial charge in [0, 0.05) is 24.6 Å². The van der Waals surface area contributed by atoms with E-state index in [1.54, 1.807) is 18.7 Å². The van der Waals surface area contributed by atoms with Gasteiger partial charge in [0.15, 0.2) is 0 Å². The van der Waals surface area contributed by atoms with Crippen molar-refractivity contribution in [2.75, 3.05) is 11.9 Å². The van der Waals surface area contributed by atoms with Crippen molar-refractivity contribution in [2.24, 2.45) is 5.92 Å². The Morgan fingerprint density at radius 1 is 1.45 bits per heavy atom. The van der Waals surface area contributed by atoms with Crippen LogP contribution in [0.1, 0.15) is 37.1 Å². The summed E-state index contributed by atoms with van der Waals surface area (Å²) in [6.07, 6.45) is 7.04. The number of urea groups is 1. The third-order valence-electron chi connectivity index (χ3n) is 4.26. The van der Waals surface area contributed by atoms with E-state index in [-0.39, 0.29) is 12.1 Å². The lowest BCUT2D eigenvalue weighted by Crippen LogP contribution is -2.42. The quantitative estimate of drug-likeness (QED) is 0.912. The number of furan rings is 1. The van der Waals surface area contributed by atoms with Crippen LogP contribution in [0, 0.1) is 12.8 Å². The van der Waals surface area contributed by atoms with Crippen molar-refractivity contribution in [3.63, 3.8) is 0 Å². The second kappa shape index (κ2) is 6.22. The predicted octanol–water partition coefficient (Wildman–Crippen LogP) is 3.99. The summed E-state index contributed by atoms with van der Waals surface area (Å²) in [6.45, 7) is 4.89. The largest absolute Gasteiger partial charge is 0.467 e. The van der Waals surface area contributed by atoms with Gasteiger partial charge in [-0.25, -0.2) is 4.79 Å². The molecule has 0 saturated carbocycles. The molecule has 1 aliphatic rings. The molecule has 0 spiro atoms. The fourth-order valence-corrected chi connectivity index (χ4v) is 2.94. The van der Waals surface area contributed by atoms with Gasteiger partial charge in [-0.1, -0.05) is 6.92 Å². The number of nitrogens with zero attached hydrogens (tertiary/aromatic N) is 2. The number of pyridine rings is 1. The standard InChI is InChI=1S/C17H21N3O2/c1-12-6-8-20(15(10-12)16-4-3-9-22-16)17(21)19-14-5-7-18-11-13(14)2/h3-5,7,9,11-12,15H,6,8,10H2,1-2H3,(H,18,19,21). The monoisotopic (exact) mass is 299 g/mol. The Hall–Kier alpha value is -2.30. The molecule has 5 heteroatoms. The number of carbonyl (C=O) groups excluding carboxylic acids is 1. The minimum absolute atomic E-state index is 0.000827. The minimum atomic E-state index is -0.0809. The van der Waals surface area contributed by atoms with Crippen LogP contribution in [0.4, 0.5) is 10.5 Å². The zero-order chi connectivity index (χ0) is 15.5. The fraction of sp³-hybridized carbons (Fsp3) is 0.412. The van der Waals surface area contributed by atoms with Gasteiger partial charge >= 0.3 is 6.03 Å². The molecule has 0 aromatic carbocycles. The fourth-order valence-electron chi connectivity index (χ4n) is 2.94. The van der Waals surface area contributed by atoms with Gasteiger partial charge in [0.2, 0.25) is 0 Å². The number of aryl methyl sites for hydroxylation is 1. The van der Waals surface area contributed by atoms with Crippen LogP contribution in [0.5, 0.6) is 0 Å². The zero-order valence-corrected chi connectivity index (χ0v) is 13.0. The third-order valence-corrected chi connectivity index (χ3v) is 4.26. The first-order valence-corrected chi connectivity index (χ1v) is 7.67. The van der Waals surface area contributed by atoms with Gasteiger partial charge in [0.25, 0.3) is 0 Å². The first-order chi connectivity index (χ1) is 10.6. The maximum absolute atomic E-state index is 12.7. The number of anilines is 1. The number of hydrogen-bond donors (Lipinski definition) is 1. The molecule has 3 rings (SSSR count). The highest BCUT2D eigenvalue weighted by Gasteiger charge is 2.32. The van der Waals surface area contributed by atoms with Crippen molar-refractivity contribution >= 4 is 11.7 Å². The maximum atomic E-state index is 12.7. The molecule has 1 fully saturated rings. The number of hydrogen-bond acceptors (Lipinski definition) is 3. The molecule has 2 atom stereocenters. The molecule has 1 N–H and O–H groups in total. The van der Waals surface area contributed by atoms with Gasteiger partial charge in [0.05, 0.1) is 12.3 Å². The number of carbonyl (C=O) groups is 1. The number of aromatic nitrogens is 1. The highest BCUT2D eigenvalue weighted by atomic mass is 16.3. The Morgan fingerprint density at radius 2 is 2.32 bits per heavy atom. The number of nitrogens with one attached hydrogen (secondary N) is 1. The molecular weight excluding hydrogens is 278 g/mol. The molecule has 1 saturated heterocycles. The van der Waals surface area contributed by atoms with Crippen LogP contribution in [0.2, 0.25) is 0 Å². The Kier molecular flexibility index (Phi) is 4.13. The van der Waals surface area contributed by atoms with Crippen molar-refractivity contribution in [3.8, 4) is 0 Å². The SMILES string of the molecule is Cc1cnccc1NC(=O)N1CCC(C)CC1c1ccco1. The van der Waals surface area contributed by atoms with Crippen molar-refractivity contribution in [3.05, 3.63) is 48.2 Å². The van der Waals surface area contributed by atoms with E-state index in [0.717, 1.165) is 36.4 Å².